The van der Waals surface area contributed by atoms with Gasteiger partial charge in [0.25, 0.3) is 0 Å². The lowest BCUT2D eigenvalue weighted by atomic mass is 9.98. The van der Waals surface area contributed by atoms with Crippen LogP contribution in [0.2, 0.25) is 5.02 Å². The molecule has 2 heterocycles. The molecule has 5 aromatic rings. The van der Waals surface area contributed by atoms with E-state index in [1.54, 1.807) is 14.2 Å². The Balaban J connectivity index is 1.14. The number of nitrogens with zero attached hydrogens (tertiary/aromatic N) is 3. The maximum absolute atomic E-state index is 6.09. The molecule has 1 aliphatic rings. The Morgan fingerprint density at radius 2 is 1.57 bits per heavy atom. The fourth-order valence-electron chi connectivity index (χ4n) is 5.21. The first-order valence-electron chi connectivity index (χ1n) is 13.4. The molecule has 7 heteroatoms. The monoisotopic (exact) mass is 550 g/mol. The molecular weight excluding hydrogens is 520 g/mol. The minimum atomic E-state index is 0.661. The first kappa shape index (κ1) is 26.1. The average molecular weight is 551 g/mol. The second-order valence-electron chi connectivity index (χ2n) is 9.99. The largest absolute Gasteiger partial charge is 0.493 e. The highest BCUT2D eigenvalue weighted by Gasteiger charge is 2.19. The van der Waals surface area contributed by atoms with E-state index in [9.17, 15) is 0 Å². The number of anilines is 2. The van der Waals surface area contributed by atoms with Gasteiger partial charge < -0.3 is 14.8 Å². The van der Waals surface area contributed by atoms with E-state index in [0.717, 1.165) is 71.9 Å². The summed E-state index contributed by atoms with van der Waals surface area (Å²) >= 11 is 6.09. The van der Waals surface area contributed by atoms with E-state index in [4.69, 9.17) is 31.0 Å². The number of para-hydroxylation sites is 1. The highest BCUT2D eigenvalue weighted by molar-refractivity contribution is 6.30. The number of hydrogen-bond acceptors (Lipinski definition) is 6. The van der Waals surface area contributed by atoms with Gasteiger partial charge in [0.15, 0.2) is 17.3 Å². The number of nitrogens with one attached hydrogen (secondary N) is 1. The molecule has 1 aromatic heterocycles. The summed E-state index contributed by atoms with van der Waals surface area (Å²) in [5.74, 6) is 3.04. The zero-order valence-electron chi connectivity index (χ0n) is 22.7. The van der Waals surface area contributed by atoms with Crippen LogP contribution in [-0.4, -0.2) is 42.2 Å². The van der Waals surface area contributed by atoms with Crippen LogP contribution >= 0.6 is 11.6 Å². The summed E-state index contributed by atoms with van der Waals surface area (Å²) in [7, 11) is 3.38. The van der Waals surface area contributed by atoms with Crippen molar-refractivity contribution in [2.45, 2.75) is 19.4 Å². The van der Waals surface area contributed by atoms with Crippen molar-refractivity contribution in [1.29, 1.82) is 0 Å². The number of ether oxygens (including phenoxy) is 2. The number of benzene rings is 4. The van der Waals surface area contributed by atoms with Crippen LogP contribution in [-0.2, 0) is 19.4 Å². The topological polar surface area (TPSA) is 59.5 Å². The van der Waals surface area contributed by atoms with Crippen molar-refractivity contribution in [2.24, 2.45) is 0 Å². The van der Waals surface area contributed by atoms with Crippen molar-refractivity contribution >= 4 is 34.0 Å². The van der Waals surface area contributed by atoms with Gasteiger partial charge in [0, 0.05) is 41.3 Å². The molecule has 1 N–H and O–H groups in total. The third kappa shape index (κ3) is 5.60. The number of methoxy groups -OCH3 is 2. The summed E-state index contributed by atoms with van der Waals surface area (Å²) in [6, 6.07) is 28.5. The van der Waals surface area contributed by atoms with Crippen molar-refractivity contribution in [3.8, 4) is 22.9 Å². The van der Waals surface area contributed by atoms with Crippen LogP contribution < -0.4 is 14.8 Å². The first-order chi connectivity index (χ1) is 19.6. The minimum absolute atomic E-state index is 0.661. The Labute approximate surface area is 239 Å². The molecule has 0 fully saturated rings. The van der Waals surface area contributed by atoms with Crippen molar-refractivity contribution < 1.29 is 9.47 Å². The lowest BCUT2D eigenvalue weighted by Gasteiger charge is -2.29. The van der Waals surface area contributed by atoms with Crippen molar-refractivity contribution in [3.63, 3.8) is 0 Å². The van der Waals surface area contributed by atoms with E-state index >= 15 is 0 Å². The third-order valence-electron chi connectivity index (χ3n) is 7.44. The molecule has 40 heavy (non-hydrogen) atoms. The van der Waals surface area contributed by atoms with Gasteiger partial charge in [0.2, 0.25) is 0 Å². The minimum Gasteiger partial charge on any atom is -0.493 e. The smallest absolute Gasteiger partial charge is 0.162 e. The summed E-state index contributed by atoms with van der Waals surface area (Å²) in [4.78, 5) is 12.2. The summed E-state index contributed by atoms with van der Waals surface area (Å²) in [6.45, 7) is 2.96. The van der Waals surface area contributed by atoms with E-state index in [1.807, 2.05) is 48.5 Å². The van der Waals surface area contributed by atoms with Gasteiger partial charge in [-0.05, 0) is 90.2 Å². The van der Waals surface area contributed by atoms with Crippen molar-refractivity contribution in [2.75, 3.05) is 32.6 Å². The molecule has 0 unspecified atom stereocenters. The summed E-state index contributed by atoms with van der Waals surface area (Å²) in [6.07, 6.45) is 2.00. The predicted molar refractivity (Wildman–Crippen MR) is 162 cm³/mol. The predicted octanol–water partition coefficient (Wildman–Crippen LogP) is 7.31. The van der Waals surface area contributed by atoms with Crippen LogP contribution in [0, 0.1) is 0 Å². The first-order valence-corrected chi connectivity index (χ1v) is 13.8. The van der Waals surface area contributed by atoms with Crippen LogP contribution in [0.5, 0.6) is 11.5 Å². The van der Waals surface area contributed by atoms with Crippen LogP contribution in [0.25, 0.3) is 22.3 Å². The SMILES string of the molecule is COc1cc2c(cc1OC)CN(CCc1ccc(Nc3nc(-c4ccc(Cl)cc4)nc4ccccc34)cc1)CC2. The highest BCUT2D eigenvalue weighted by atomic mass is 35.5. The molecule has 202 valence electrons. The van der Waals surface area contributed by atoms with Gasteiger partial charge >= 0.3 is 0 Å². The molecule has 0 saturated heterocycles. The number of hydrogen-bond donors (Lipinski definition) is 1. The fraction of sp³-hybridized carbons (Fsp3) is 0.212. The highest BCUT2D eigenvalue weighted by Crippen LogP contribution is 2.33. The second kappa shape index (κ2) is 11.5. The maximum Gasteiger partial charge on any atom is 0.162 e. The normalized spacial score (nSPS) is 13.2. The lowest BCUT2D eigenvalue weighted by Crippen LogP contribution is -2.32. The van der Waals surface area contributed by atoms with E-state index in [0.29, 0.717) is 10.8 Å². The Hall–Kier alpha value is -4.13. The Kier molecular flexibility index (Phi) is 7.53. The molecule has 0 bridgehead atoms. The summed E-state index contributed by atoms with van der Waals surface area (Å²) in [5.41, 5.74) is 6.77. The van der Waals surface area contributed by atoms with Crippen LogP contribution in [0.3, 0.4) is 0 Å². The quantitative estimate of drug-likeness (QED) is 0.218. The zero-order valence-corrected chi connectivity index (χ0v) is 23.4. The number of halogens is 1. The molecule has 0 atom stereocenters. The number of rotatable bonds is 8. The molecule has 6 rings (SSSR count). The molecule has 0 saturated carbocycles. The molecule has 1 aliphatic heterocycles. The summed E-state index contributed by atoms with van der Waals surface area (Å²) in [5, 5.41) is 5.19. The molecule has 4 aromatic carbocycles. The van der Waals surface area contributed by atoms with Gasteiger partial charge in [-0.3, -0.25) is 4.90 Å². The molecule has 0 aliphatic carbocycles. The molecule has 6 nitrogen and oxygen atoms in total. The lowest BCUT2D eigenvalue weighted by molar-refractivity contribution is 0.255. The van der Waals surface area contributed by atoms with E-state index in [1.165, 1.54) is 16.7 Å². The molecule has 0 amide bonds. The van der Waals surface area contributed by atoms with Crippen LogP contribution in [0.1, 0.15) is 16.7 Å². The van der Waals surface area contributed by atoms with Gasteiger partial charge in [-0.2, -0.15) is 0 Å². The van der Waals surface area contributed by atoms with Gasteiger partial charge in [0.05, 0.1) is 19.7 Å². The van der Waals surface area contributed by atoms with Crippen LogP contribution in [0.4, 0.5) is 11.5 Å². The van der Waals surface area contributed by atoms with Crippen molar-refractivity contribution in [3.05, 3.63) is 107 Å². The molecule has 0 spiro atoms. The molecular formula is C33H31ClN4O2. The number of fused-ring (bicyclic) bond motifs is 2. The Bertz CT molecular complexity index is 1640. The number of aromatic nitrogens is 2. The Morgan fingerprint density at radius 3 is 2.33 bits per heavy atom. The third-order valence-corrected chi connectivity index (χ3v) is 7.69. The molecule has 0 radical (unpaired) electrons. The van der Waals surface area contributed by atoms with E-state index < -0.39 is 0 Å². The van der Waals surface area contributed by atoms with Crippen LogP contribution in [0.15, 0.2) is 84.9 Å². The van der Waals surface area contributed by atoms with Gasteiger partial charge in [0.1, 0.15) is 5.82 Å². The van der Waals surface area contributed by atoms with Gasteiger partial charge in [-0.15, -0.1) is 0 Å². The standard InChI is InChI=1S/C33H31ClN4O2/c1-39-30-19-24-16-18-38(21-25(24)20-31(30)40-2)17-15-22-7-13-27(14-8-22)35-33-28-5-3-4-6-29(28)36-32(37-33)23-9-11-26(34)12-10-23/h3-14,19-20H,15-18,21H2,1-2H3,(H,35,36,37). The van der Waals surface area contributed by atoms with Gasteiger partial charge in [-0.1, -0.05) is 35.9 Å². The maximum atomic E-state index is 6.09. The van der Waals surface area contributed by atoms with E-state index in [-0.39, 0.29) is 0 Å². The summed E-state index contributed by atoms with van der Waals surface area (Å²) < 4.78 is 11.0. The van der Waals surface area contributed by atoms with E-state index in [2.05, 4.69) is 46.6 Å². The zero-order chi connectivity index (χ0) is 27.5. The Morgan fingerprint density at radius 1 is 0.850 bits per heavy atom. The average Bonchev–Trinajstić information content (AvgIpc) is 3.00. The van der Waals surface area contributed by atoms with Gasteiger partial charge in [-0.25, -0.2) is 9.97 Å². The fourth-order valence-corrected chi connectivity index (χ4v) is 5.34. The van der Waals surface area contributed by atoms with Crippen molar-refractivity contribution in [1.82, 2.24) is 14.9 Å². The second-order valence-corrected chi connectivity index (χ2v) is 10.4.